The zero-order chi connectivity index (χ0) is 15.5. The van der Waals surface area contributed by atoms with Gasteiger partial charge in [0, 0.05) is 51.7 Å². The van der Waals surface area contributed by atoms with Gasteiger partial charge in [-0.25, -0.2) is 4.98 Å². The Balaban J connectivity index is 1.64. The van der Waals surface area contributed by atoms with E-state index in [2.05, 4.69) is 4.98 Å². The molecule has 7 heteroatoms. The van der Waals surface area contributed by atoms with Gasteiger partial charge in [0.2, 0.25) is 0 Å². The average molecular weight is 306 g/mol. The summed E-state index contributed by atoms with van der Waals surface area (Å²) in [6.45, 7) is 5.74. The Labute approximate surface area is 129 Å². The number of aromatic nitrogens is 2. The van der Waals surface area contributed by atoms with E-state index in [0.717, 1.165) is 12.8 Å². The van der Waals surface area contributed by atoms with Crippen LogP contribution in [0.1, 0.15) is 19.8 Å². The second-order valence-electron chi connectivity index (χ2n) is 5.66. The predicted molar refractivity (Wildman–Crippen MR) is 81.9 cm³/mol. The van der Waals surface area contributed by atoms with E-state index >= 15 is 0 Å². The smallest absolute Gasteiger partial charge is 0.293 e. The van der Waals surface area contributed by atoms with Crippen LogP contribution < -0.4 is 10.5 Å². The first kappa shape index (κ1) is 15.0. The van der Waals surface area contributed by atoms with Gasteiger partial charge >= 0.3 is 0 Å². The molecular weight excluding hydrogens is 284 g/mol. The standard InChI is InChI=1S/C15H22N4O3/c1-2-17-6-5-16-13(15(17)21)18-7-9-19(10-8-18)14(20)12-4-3-11-22-12/h5-6,12H,2-4,7-11H2,1H3. The van der Waals surface area contributed by atoms with Crippen molar-refractivity contribution in [3.05, 3.63) is 22.7 Å². The Morgan fingerprint density at radius 3 is 2.77 bits per heavy atom. The minimum Gasteiger partial charge on any atom is -0.368 e. The van der Waals surface area contributed by atoms with E-state index in [1.54, 1.807) is 17.0 Å². The van der Waals surface area contributed by atoms with Crippen LogP contribution in [-0.4, -0.2) is 59.2 Å². The molecule has 1 unspecified atom stereocenters. The van der Waals surface area contributed by atoms with E-state index in [-0.39, 0.29) is 17.6 Å². The Kier molecular flexibility index (Phi) is 4.42. The van der Waals surface area contributed by atoms with Crippen molar-refractivity contribution in [3.8, 4) is 0 Å². The fourth-order valence-electron chi connectivity index (χ4n) is 3.02. The SMILES string of the molecule is CCn1ccnc(N2CCN(C(=O)C3CCCO3)CC2)c1=O. The molecule has 0 aliphatic carbocycles. The zero-order valence-corrected chi connectivity index (χ0v) is 12.9. The minimum absolute atomic E-state index is 0.0658. The molecule has 2 aliphatic rings. The van der Waals surface area contributed by atoms with Crippen molar-refractivity contribution in [1.82, 2.24) is 14.5 Å². The summed E-state index contributed by atoms with van der Waals surface area (Å²) in [5, 5.41) is 0. The molecule has 120 valence electrons. The van der Waals surface area contributed by atoms with Gasteiger partial charge in [-0.15, -0.1) is 0 Å². The second kappa shape index (κ2) is 6.48. The van der Waals surface area contributed by atoms with Gasteiger partial charge in [0.1, 0.15) is 6.10 Å². The van der Waals surface area contributed by atoms with E-state index in [1.807, 2.05) is 16.7 Å². The molecule has 0 N–H and O–H groups in total. The summed E-state index contributed by atoms with van der Waals surface area (Å²) < 4.78 is 7.10. The summed E-state index contributed by atoms with van der Waals surface area (Å²) in [4.78, 5) is 32.6. The Bertz CT molecular complexity index is 587. The first-order valence-electron chi connectivity index (χ1n) is 7.91. The van der Waals surface area contributed by atoms with Crippen LogP contribution in [0.5, 0.6) is 0 Å². The van der Waals surface area contributed by atoms with Gasteiger partial charge in [-0.05, 0) is 19.8 Å². The third-order valence-corrected chi connectivity index (χ3v) is 4.33. The first-order valence-corrected chi connectivity index (χ1v) is 7.91. The molecule has 0 bridgehead atoms. The Morgan fingerprint density at radius 1 is 1.36 bits per heavy atom. The summed E-state index contributed by atoms with van der Waals surface area (Å²) in [5.41, 5.74) is -0.0658. The maximum atomic E-state index is 12.3. The van der Waals surface area contributed by atoms with E-state index < -0.39 is 0 Å². The fourth-order valence-corrected chi connectivity index (χ4v) is 3.02. The van der Waals surface area contributed by atoms with Crippen LogP contribution >= 0.6 is 0 Å². The number of amides is 1. The van der Waals surface area contributed by atoms with E-state index in [9.17, 15) is 9.59 Å². The molecule has 0 radical (unpaired) electrons. The van der Waals surface area contributed by atoms with Gasteiger partial charge < -0.3 is 19.1 Å². The molecule has 0 aromatic carbocycles. The third-order valence-electron chi connectivity index (χ3n) is 4.33. The number of carbonyl (C=O) groups is 1. The average Bonchev–Trinajstić information content (AvgIpc) is 3.09. The molecule has 1 atom stereocenters. The van der Waals surface area contributed by atoms with Crippen LogP contribution in [0.15, 0.2) is 17.2 Å². The highest BCUT2D eigenvalue weighted by Gasteiger charge is 2.31. The Morgan fingerprint density at radius 2 is 2.14 bits per heavy atom. The maximum absolute atomic E-state index is 12.3. The predicted octanol–water partition coefficient (Wildman–Crippen LogP) is 0.0908. The lowest BCUT2D eigenvalue weighted by Crippen LogP contribution is -2.52. The highest BCUT2D eigenvalue weighted by atomic mass is 16.5. The highest BCUT2D eigenvalue weighted by Crippen LogP contribution is 2.16. The van der Waals surface area contributed by atoms with Crippen molar-refractivity contribution in [1.29, 1.82) is 0 Å². The lowest BCUT2D eigenvalue weighted by molar-refractivity contribution is -0.141. The largest absolute Gasteiger partial charge is 0.368 e. The number of aryl methyl sites for hydroxylation is 1. The molecule has 2 saturated heterocycles. The first-order chi connectivity index (χ1) is 10.7. The van der Waals surface area contributed by atoms with Crippen molar-refractivity contribution < 1.29 is 9.53 Å². The van der Waals surface area contributed by atoms with Crippen LogP contribution in [0.25, 0.3) is 0 Å². The molecule has 1 aromatic heterocycles. The number of nitrogens with zero attached hydrogens (tertiary/aromatic N) is 4. The number of ether oxygens (including phenoxy) is 1. The molecule has 1 amide bonds. The fraction of sp³-hybridized carbons (Fsp3) is 0.667. The van der Waals surface area contributed by atoms with Gasteiger partial charge in [-0.1, -0.05) is 0 Å². The van der Waals surface area contributed by atoms with E-state index in [0.29, 0.717) is 45.1 Å². The number of carbonyl (C=O) groups excluding carboxylic acids is 1. The van der Waals surface area contributed by atoms with Crippen LogP contribution in [0.2, 0.25) is 0 Å². The lowest BCUT2D eigenvalue weighted by Gasteiger charge is -2.36. The summed E-state index contributed by atoms with van der Waals surface area (Å²) in [6, 6.07) is 0. The molecule has 2 fully saturated rings. The normalized spacial score (nSPS) is 22.1. The van der Waals surface area contributed by atoms with Crippen LogP contribution in [-0.2, 0) is 16.1 Å². The van der Waals surface area contributed by atoms with Crippen LogP contribution in [0, 0.1) is 0 Å². The van der Waals surface area contributed by atoms with Crippen molar-refractivity contribution in [2.75, 3.05) is 37.7 Å². The second-order valence-corrected chi connectivity index (χ2v) is 5.66. The lowest BCUT2D eigenvalue weighted by atomic mass is 10.2. The molecule has 22 heavy (non-hydrogen) atoms. The molecule has 3 heterocycles. The van der Waals surface area contributed by atoms with Gasteiger partial charge in [0.05, 0.1) is 0 Å². The Hall–Kier alpha value is -1.89. The monoisotopic (exact) mass is 306 g/mol. The molecule has 1 aromatic rings. The van der Waals surface area contributed by atoms with Gasteiger partial charge in [-0.2, -0.15) is 0 Å². The molecular formula is C15H22N4O3. The molecule has 0 saturated carbocycles. The van der Waals surface area contributed by atoms with Crippen molar-refractivity contribution in [3.63, 3.8) is 0 Å². The summed E-state index contributed by atoms with van der Waals surface area (Å²) in [5.74, 6) is 0.567. The number of hydrogen-bond donors (Lipinski definition) is 0. The molecule has 2 aliphatic heterocycles. The minimum atomic E-state index is -0.265. The van der Waals surface area contributed by atoms with Crippen molar-refractivity contribution in [2.45, 2.75) is 32.4 Å². The third kappa shape index (κ3) is 2.85. The summed E-state index contributed by atoms with van der Waals surface area (Å²) in [7, 11) is 0. The topological polar surface area (TPSA) is 67.7 Å². The van der Waals surface area contributed by atoms with E-state index in [4.69, 9.17) is 4.74 Å². The summed E-state index contributed by atoms with van der Waals surface area (Å²) >= 11 is 0. The number of rotatable bonds is 3. The molecule has 3 rings (SSSR count). The number of hydrogen-bond acceptors (Lipinski definition) is 5. The van der Waals surface area contributed by atoms with Crippen molar-refractivity contribution in [2.24, 2.45) is 0 Å². The number of anilines is 1. The van der Waals surface area contributed by atoms with Gasteiger partial charge in [0.15, 0.2) is 5.82 Å². The summed E-state index contributed by atoms with van der Waals surface area (Å²) in [6.07, 6.45) is 4.87. The quantitative estimate of drug-likeness (QED) is 0.792. The van der Waals surface area contributed by atoms with Gasteiger partial charge in [0.25, 0.3) is 11.5 Å². The number of piperazine rings is 1. The maximum Gasteiger partial charge on any atom is 0.293 e. The van der Waals surface area contributed by atoms with E-state index in [1.165, 1.54) is 0 Å². The zero-order valence-electron chi connectivity index (χ0n) is 12.9. The molecule has 0 spiro atoms. The van der Waals surface area contributed by atoms with Crippen molar-refractivity contribution >= 4 is 11.7 Å². The highest BCUT2D eigenvalue weighted by molar-refractivity contribution is 5.81. The van der Waals surface area contributed by atoms with Crippen LogP contribution in [0.4, 0.5) is 5.82 Å². The van der Waals surface area contributed by atoms with Gasteiger partial charge in [-0.3, -0.25) is 9.59 Å². The van der Waals surface area contributed by atoms with Crippen LogP contribution in [0.3, 0.4) is 0 Å². The molecule has 7 nitrogen and oxygen atoms in total.